The molecule has 1 fully saturated rings. The lowest BCUT2D eigenvalue weighted by Crippen LogP contribution is -2.38. The lowest BCUT2D eigenvalue weighted by molar-refractivity contribution is 0.0925. The molecule has 2 aromatic carbocycles. The Bertz CT molecular complexity index is 1210. The van der Waals surface area contributed by atoms with Crippen molar-refractivity contribution in [2.45, 2.75) is 44.2 Å². The van der Waals surface area contributed by atoms with Crippen LogP contribution in [0.15, 0.2) is 58.2 Å². The highest BCUT2D eigenvalue weighted by Gasteiger charge is 2.30. The molecule has 2 heterocycles. The fourth-order valence-corrected chi connectivity index (χ4v) is 5.25. The van der Waals surface area contributed by atoms with E-state index in [4.69, 9.17) is 4.74 Å². The van der Waals surface area contributed by atoms with Crippen LogP contribution in [0.5, 0.6) is 0 Å². The molecule has 1 aliphatic rings. The number of aryl methyl sites for hydroxylation is 2. The molecule has 1 aromatic heterocycles. The van der Waals surface area contributed by atoms with Crippen LogP contribution in [0.4, 0.5) is 0 Å². The van der Waals surface area contributed by atoms with Crippen LogP contribution in [0, 0.1) is 13.8 Å². The molecule has 1 saturated heterocycles. The van der Waals surface area contributed by atoms with Crippen molar-refractivity contribution in [3.05, 3.63) is 75.6 Å². The van der Waals surface area contributed by atoms with Gasteiger partial charge in [0.25, 0.3) is 5.56 Å². The Morgan fingerprint density at radius 3 is 2.50 bits per heavy atom. The maximum atomic E-state index is 13.4. The van der Waals surface area contributed by atoms with Gasteiger partial charge in [0.05, 0.1) is 11.0 Å². The van der Waals surface area contributed by atoms with Crippen LogP contribution in [0.3, 0.4) is 0 Å². The predicted octanol–water partition coefficient (Wildman–Crippen LogP) is 3.51. The molecule has 0 aliphatic carbocycles. The zero-order valence-corrected chi connectivity index (χ0v) is 18.0. The van der Waals surface area contributed by atoms with Crippen LogP contribution in [-0.2, 0) is 21.3 Å². The molecule has 4 rings (SSSR count). The Hall–Kier alpha value is -2.48. The SMILES string of the molecule is Cc1ccc(S(=O)(=O)N(Cc2cc3cc(C)ccc3[nH]c2=O)C[C@@H]2CCCO2)cc1. The number of hydrogen-bond donors (Lipinski definition) is 1. The monoisotopic (exact) mass is 426 g/mol. The Kier molecular flexibility index (Phi) is 5.77. The van der Waals surface area contributed by atoms with Gasteiger partial charge in [-0.2, -0.15) is 4.31 Å². The van der Waals surface area contributed by atoms with Crippen molar-refractivity contribution in [2.75, 3.05) is 13.2 Å². The van der Waals surface area contributed by atoms with Crippen molar-refractivity contribution in [2.24, 2.45) is 0 Å². The number of nitrogens with one attached hydrogen (secondary N) is 1. The average Bonchev–Trinajstić information content (AvgIpc) is 3.22. The molecular formula is C23H26N2O4S. The van der Waals surface area contributed by atoms with Crippen LogP contribution in [0.1, 0.15) is 29.5 Å². The fourth-order valence-electron chi connectivity index (χ4n) is 3.80. The van der Waals surface area contributed by atoms with Crippen LogP contribution in [-0.4, -0.2) is 37.0 Å². The van der Waals surface area contributed by atoms with Gasteiger partial charge in [-0.05, 0) is 62.4 Å². The first kappa shape index (κ1) is 20.8. The minimum atomic E-state index is -3.78. The number of sulfonamides is 1. The summed E-state index contributed by atoms with van der Waals surface area (Å²) in [4.78, 5) is 15.8. The van der Waals surface area contributed by atoms with Gasteiger partial charge in [-0.15, -0.1) is 0 Å². The van der Waals surface area contributed by atoms with Gasteiger partial charge in [-0.1, -0.05) is 29.3 Å². The summed E-state index contributed by atoms with van der Waals surface area (Å²) in [5, 5.41) is 0.884. The molecule has 0 amide bonds. The first-order valence-corrected chi connectivity index (χ1v) is 11.6. The van der Waals surface area contributed by atoms with Crippen LogP contribution in [0.25, 0.3) is 10.9 Å². The highest BCUT2D eigenvalue weighted by molar-refractivity contribution is 7.89. The Morgan fingerprint density at radius 1 is 1.07 bits per heavy atom. The minimum Gasteiger partial charge on any atom is -0.377 e. The molecule has 0 unspecified atom stereocenters. The first-order chi connectivity index (χ1) is 14.3. The van der Waals surface area contributed by atoms with Crippen LogP contribution >= 0.6 is 0 Å². The zero-order chi connectivity index (χ0) is 21.3. The number of aromatic nitrogens is 1. The van der Waals surface area contributed by atoms with Crippen molar-refractivity contribution in [3.8, 4) is 0 Å². The number of nitrogens with zero attached hydrogens (tertiary/aromatic N) is 1. The molecule has 6 nitrogen and oxygen atoms in total. The van der Waals surface area contributed by atoms with Crippen LogP contribution in [0.2, 0.25) is 0 Å². The third-order valence-corrected chi connectivity index (χ3v) is 7.34. The Morgan fingerprint density at radius 2 is 1.80 bits per heavy atom. The maximum absolute atomic E-state index is 13.4. The maximum Gasteiger partial charge on any atom is 0.252 e. The topological polar surface area (TPSA) is 79.5 Å². The smallest absolute Gasteiger partial charge is 0.252 e. The lowest BCUT2D eigenvalue weighted by atomic mass is 10.1. The Labute approximate surface area is 176 Å². The number of ether oxygens (including phenoxy) is 1. The van der Waals surface area contributed by atoms with Gasteiger partial charge in [-0.25, -0.2) is 8.42 Å². The first-order valence-electron chi connectivity index (χ1n) is 10.1. The molecule has 0 spiro atoms. The van der Waals surface area contributed by atoms with E-state index in [0.717, 1.165) is 34.9 Å². The van der Waals surface area contributed by atoms with E-state index in [0.29, 0.717) is 12.2 Å². The second-order valence-electron chi connectivity index (χ2n) is 7.96. The van der Waals surface area contributed by atoms with E-state index < -0.39 is 10.0 Å². The molecule has 1 aliphatic heterocycles. The van der Waals surface area contributed by atoms with Gasteiger partial charge in [0.2, 0.25) is 10.0 Å². The van der Waals surface area contributed by atoms with Gasteiger partial charge >= 0.3 is 0 Å². The van der Waals surface area contributed by atoms with E-state index in [9.17, 15) is 13.2 Å². The van der Waals surface area contributed by atoms with Crippen LogP contribution < -0.4 is 5.56 Å². The number of rotatable bonds is 6. The summed E-state index contributed by atoms with van der Waals surface area (Å²) < 4.78 is 33.9. The number of H-pyrrole nitrogens is 1. The minimum absolute atomic E-state index is 0.00468. The van der Waals surface area contributed by atoms with Gasteiger partial charge < -0.3 is 9.72 Å². The van der Waals surface area contributed by atoms with Gasteiger partial charge in [-0.3, -0.25) is 4.79 Å². The van der Waals surface area contributed by atoms with Crippen molar-refractivity contribution in [3.63, 3.8) is 0 Å². The van der Waals surface area contributed by atoms with Crippen molar-refractivity contribution in [1.29, 1.82) is 0 Å². The summed E-state index contributed by atoms with van der Waals surface area (Å²) in [6.45, 7) is 4.75. The summed E-state index contributed by atoms with van der Waals surface area (Å²) in [6.07, 6.45) is 1.57. The quantitative estimate of drug-likeness (QED) is 0.654. The number of benzene rings is 2. The Balaban J connectivity index is 1.72. The van der Waals surface area contributed by atoms with Gasteiger partial charge in [0.15, 0.2) is 0 Å². The predicted molar refractivity (Wildman–Crippen MR) is 117 cm³/mol. The van der Waals surface area contributed by atoms with Crippen molar-refractivity contribution < 1.29 is 13.2 Å². The highest BCUT2D eigenvalue weighted by atomic mass is 32.2. The molecular weight excluding hydrogens is 400 g/mol. The number of pyridine rings is 1. The fraction of sp³-hybridized carbons (Fsp3) is 0.348. The third kappa shape index (κ3) is 4.33. The van der Waals surface area contributed by atoms with Gasteiger partial charge in [0.1, 0.15) is 0 Å². The molecule has 7 heteroatoms. The summed E-state index contributed by atoms with van der Waals surface area (Å²) >= 11 is 0. The van der Waals surface area contributed by atoms with E-state index in [1.54, 1.807) is 30.3 Å². The number of fused-ring (bicyclic) bond motifs is 1. The lowest BCUT2D eigenvalue weighted by Gasteiger charge is -2.25. The number of aromatic amines is 1. The van der Waals surface area contributed by atoms with Gasteiger partial charge in [0, 0.05) is 30.8 Å². The number of hydrogen-bond acceptors (Lipinski definition) is 4. The summed E-state index contributed by atoms with van der Waals surface area (Å²) in [5.41, 5.74) is 2.94. The normalized spacial score (nSPS) is 17.1. The standard InChI is InChI=1S/C23H26N2O4S/c1-16-5-8-21(9-6-16)30(27,28)25(15-20-4-3-11-29-20)14-19-13-18-12-17(2)7-10-22(18)24-23(19)26/h5-10,12-13,20H,3-4,11,14-15H2,1-2H3,(H,24,26)/t20-/m0/s1. The van der Waals surface area contributed by atoms with E-state index in [-0.39, 0.29) is 29.6 Å². The average molecular weight is 427 g/mol. The summed E-state index contributed by atoms with van der Waals surface area (Å²) in [5.74, 6) is 0. The molecule has 30 heavy (non-hydrogen) atoms. The molecule has 0 saturated carbocycles. The second-order valence-corrected chi connectivity index (χ2v) is 9.90. The molecule has 1 N–H and O–H groups in total. The van der Waals surface area contributed by atoms with E-state index in [1.165, 1.54) is 4.31 Å². The second kappa shape index (κ2) is 8.34. The third-order valence-electron chi connectivity index (χ3n) is 5.51. The highest BCUT2D eigenvalue weighted by Crippen LogP contribution is 2.23. The molecule has 0 radical (unpaired) electrons. The van der Waals surface area contributed by atoms with Crippen molar-refractivity contribution >= 4 is 20.9 Å². The summed E-state index contributed by atoms with van der Waals surface area (Å²) in [6, 6.07) is 14.3. The van der Waals surface area contributed by atoms with E-state index in [2.05, 4.69) is 4.98 Å². The van der Waals surface area contributed by atoms with E-state index >= 15 is 0 Å². The largest absolute Gasteiger partial charge is 0.377 e. The van der Waals surface area contributed by atoms with Crippen molar-refractivity contribution in [1.82, 2.24) is 9.29 Å². The molecule has 3 aromatic rings. The zero-order valence-electron chi connectivity index (χ0n) is 17.2. The molecule has 0 bridgehead atoms. The van der Waals surface area contributed by atoms with E-state index in [1.807, 2.05) is 32.0 Å². The molecule has 1 atom stereocenters. The molecule has 158 valence electrons. The summed E-state index contributed by atoms with van der Waals surface area (Å²) in [7, 11) is -3.78.